The van der Waals surface area contributed by atoms with Gasteiger partial charge in [0.25, 0.3) is 15.9 Å². The van der Waals surface area contributed by atoms with Crippen LogP contribution < -0.4 is 10.0 Å². The molecule has 0 saturated carbocycles. The molecule has 2 rings (SSSR count). The molecule has 0 fully saturated rings. The van der Waals surface area contributed by atoms with Crippen molar-refractivity contribution >= 4 is 44.8 Å². The zero-order valence-electron chi connectivity index (χ0n) is 14.6. The lowest BCUT2D eigenvalue weighted by molar-refractivity contribution is 0.0948. The summed E-state index contributed by atoms with van der Waals surface area (Å²) in [5.74, 6) is -0.0161. The number of benzene rings is 2. The Morgan fingerprint density at radius 2 is 1.81 bits per heavy atom. The summed E-state index contributed by atoms with van der Waals surface area (Å²) in [6, 6.07) is 8.86. The molecule has 0 bridgehead atoms. The Morgan fingerprint density at radius 1 is 1.12 bits per heavy atom. The van der Waals surface area contributed by atoms with Crippen molar-refractivity contribution in [1.29, 1.82) is 0 Å². The van der Waals surface area contributed by atoms with E-state index in [4.69, 9.17) is 23.2 Å². The molecule has 0 saturated heterocycles. The predicted molar refractivity (Wildman–Crippen MR) is 106 cm³/mol. The maximum absolute atomic E-state index is 12.7. The topological polar surface area (TPSA) is 75.3 Å². The van der Waals surface area contributed by atoms with Gasteiger partial charge in [0, 0.05) is 17.1 Å². The van der Waals surface area contributed by atoms with Gasteiger partial charge in [0.2, 0.25) is 0 Å². The number of hydrogen-bond donors (Lipinski definition) is 2. The van der Waals surface area contributed by atoms with E-state index in [0.29, 0.717) is 28.6 Å². The maximum atomic E-state index is 12.7. The fourth-order valence-corrected chi connectivity index (χ4v) is 3.80. The van der Waals surface area contributed by atoms with Gasteiger partial charge in [0.15, 0.2) is 0 Å². The molecule has 1 amide bonds. The zero-order chi connectivity index (χ0) is 19.5. The lowest BCUT2D eigenvalue weighted by atomic mass is 10.1. The molecule has 0 aliphatic heterocycles. The maximum Gasteiger partial charge on any atom is 0.261 e. The molecule has 0 radical (unpaired) electrons. The van der Waals surface area contributed by atoms with Crippen LogP contribution in [0.3, 0.4) is 0 Å². The van der Waals surface area contributed by atoms with Gasteiger partial charge in [-0.05, 0) is 48.7 Å². The Balaban J connectivity index is 2.32. The fourth-order valence-electron chi connectivity index (χ4n) is 2.18. The fraction of sp³-hybridized carbons (Fsp3) is 0.278. The largest absolute Gasteiger partial charge is 0.352 e. The molecular formula is C18H20Cl2N2O3S. The van der Waals surface area contributed by atoms with Crippen LogP contribution in [0.15, 0.2) is 41.3 Å². The summed E-state index contributed by atoms with van der Waals surface area (Å²) in [7, 11) is -3.91. The van der Waals surface area contributed by atoms with E-state index in [1.54, 1.807) is 13.0 Å². The van der Waals surface area contributed by atoms with Crippen LogP contribution in [0.4, 0.5) is 5.69 Å². The molecule has 0 aliphatic rings. The van der Waals surface area contributed by atoms with Crippen molar-refractivity contribution in [2.24, 2.45) is 5.92 Å². The molecule has 0 aromatic heterocycles. The summed E-state index contributed by atoms with van der Waals surface area (Å²) in [4.78, 5) is 12.3. The molecule has 2 aromatic rings. The summed E-state index contributed by atoms with van der Waals surface area (Å²) in [5.41, 5.74) is 1.22. The third-order valence-electron chi connectivity index (χ3n) is 3.61. The Kier molecular flexibility index (Phi) is 6.55. The molecule has 0 aliphatic carbocycles. The number of sulfonamides is 1. The number of halogens is 2. The first-order valence-electron chi connectivity index (χ1n) is 7.97. The second-order valence-electron chi connectivity index (χ2n) is 6.31. The first-order chi connectivity index (χ1) is 12.1. The number of nitrogens with one attached hydrogen (secondary N) is 2. The molecule has 2 N–H and O–H groups in total. The highest BCUT2D eigenvalue weighted by Gasteiger charge is 2.19. The Hall–Kier alpha value is -1.76. The number of carbonyl (C=O) groups is 1. The summed E-state index contributed by atoms with van der Waals surface area (Å²) >= 11 is 11.8. The van der Waals surface area contributed by atoms with Crippen LogP contribution >= 0.6 is 23.2 Å². The first-order valence-corrected chi connectivity index (χ1v) is 10.2. The van der Waals surface area contributed by atoms with Crippen LogP contribution in [0, 0.1) is 12.8 Å². The minimum absolute atomic E-state index is 0.0242. The third-order valence-corrected chi connectivity index (χ3v) is 5.52. The van der Waals surface area contributed by atoms with Crippen molar-refractivity contribution in [3.05, 3.63) is 57.6 Å². The molecule has 140 valence electrons. The molecular weight excluding hydrogens is 395 g/mol. The molecule has 5 nitrogen and oxygen atoms in total. The van der Waals surface area contributed by atoms with Gasteiger partial charge in [-0.15, -0.1) is 0 Å². The molecule has 26 heavy (non-hydrogen) atoms. The van der Waals surface area contributed by atoms with Crippen LogP contribution in [0.2, 0.25) is 10.0 Å². The Bertz CT molecular complexity index is 928. The SMILES string of the molecule is Cc1ccc(S(=O)(=O)Nc2ccc(Cl)cc2Cl)cc1C(=O)NCC(C)C. The van der Waals surface area contributed by atoms with E-state index < -0.39 is 10.0 Å². The van der Waals surface area contributed by atoms with Gasteiger partial charge >= 0.3 is 0 Å². The minimum atomic E-state index is -3.91. The van der Waals surface area contributed by atoms with E-state index in [1.165, 1.54) is 30.3 Å². The number of rotatable bonds is 6. The summed E-state index contributed by atoms with van der Waals surface area (Å²) in [6.07, 6.45) is 0. The number of aryl methyl sites for hydroxylation is 1. The standard InChI is InChI=1S/C18H20Cl2N2O3S/c1-11(2)10-21-18(23)15-9-14(6-4-12(15)3)26(24,25)22-17-7-5-13(19)8-16(17)20/h4-9,11,22H,10H2,1-3H3,(H,21,23). The van der Waals surface area contributed by atoms with Gasteiger partial charge in [-0.25, -0.2) is 8.42 Å². The van der Waals surface area contributed by atoms with Gasteiger partial charge in [0.1, 0.15) is 0 Å². The second kappa shape index (κ2) is 8.29. The smallest absolute Gasteiger partial charge is 0.261 e. The van der Waals surface area contributed by atoms with Crippen molar-refractivity contribution in [2.75, 3.05) is 11.3 Å². The van der Waals surface area contributed by atoms with E-state index in [0.717, 1.165) is 0 Å². The summed E-state index contributed by atoms with van der Waals surface area (Å²) in [5, 5.41) is 3.38. The monoisotopic (exact) mass is 414 g/mol. The van der Waals surface area contributed by atoms with Crippen molar-refractivity contribution < 1.29 is 13.2 Å². The molecule has 0 unspecified atom stereocenters. The summed E-state index contributed by atoms with van der Waals surface area (Å²) in [6.45, 7) is 6.22. The second-order valence-corrected chi connectivity index (χ2v) is 8.84. The van der Waals surface area contributed by atoms with Crippen LogP contribution in [0.5, 0.6) is 0 Å². The van der Waals surface area contributed by atoms with Gasteiger partial charge in [-0.3, -0.25) is 9.52 Å². The lowest BCUT2D eigenvalue weighted by Gasteiger charge is -2.13. The average molecular weight is 415 g/mol. The zero-order valence-corrected chi connectivity index (χ0v) is 17.0. The van der Waals surface area contributed by atoms with Crippen LogP contribution in [0.1, 0.15) is 29.8 Å². The van der Waals surface area contributed by atoms with Crippen molar-refractivity contribution in [1.82, 2.24) is 5.32 Å². The Morgan fingerprint density at radius 3 is 2.42 bits per heavy atom. The van der Waals surface area contributed by atoms with Gasteiger partial charge in [0.05, 0.1) is 15.6 Å². The summed E-state index contributed by atoms with van der Waals surface area (Å²) < 4.78 is 27.7. The van der Waals surface area contributed by atoms with E-state index >= 15 is 0 Å². The molecule has 0 atom stereocenters. The van der Waals surface area contributed by atoms with Crippen LogP contribution in [0.25, 0.3) is 0 Å². The highest BCUT2D eigenvalue weighted by Crippen LogP contribution is 2.28. The van der Waals surface area contributed by atoms with Crippen molar-refractivity contribution in [3.8, 4) is 0 Å². The van der Waals surface area contributed by atoms with Crippen LogP contribution in [-0.4, -0.2) is 20.9 Å². The molecule has 8 heteroatoms. The van der Waals surface area contributed by atoms with E-state index in [9.17, 15) is 13.2 Å². The van der Waals surface area contributed by atoms with Gasteiger partial charge in [-0.1, -0.05) is 43.1 Å². The highest BCUT2D eigenvalue weighted by molar-refractivity contribution is 7.92. The quantitative estimate of drug-likeness (QED) is 0.730. The minimum Gasteiger partial charge on any atom is -0.352 e. The average Bonchev–Trinajstić information content (AvgIpc) is 2.55. The van der Waals surface area contributed by atoms with Gasteiger partial charge < -0.3 is 5.32 Å². The van der Waals surface area contributed by atoms with Crippen LogP contribution in [-0.2, 0) is 10.0 Å². The highest BCUT2D eigenvalue weighted by atomic mass is 35.5. The molecule has 0 heterocycles. The number of anilines is 1. The molecule has 0 spiro atoms. The Labute approximate surface area is 163 Å². The predicted octanol–water partition coefficient (Wildman–Crippen LogP) is 4.49. The third kappa shape index (κ3) is 5.13. The van der Waals surface area contributed by atoms with Crippen molar-refractivity contribution in [2.45, 2.75) is 25.7 Å². The first kappa shape index (κ1) is 20.6. The number of amides is 1. The molecule has 2 aromatic carbocycles. The van der Waals surface area contributed by atoms with E-state index in [-0.39, 0.29) is 21.5 Å². The van der Waals surface area contributed by atoms with E-state index in [1.807, 2.05) is 13.8 Å². The lowest BCUT2D eigenvalue weighted by Crippen LogP contribution is -2.28. The van der Waals surface area contributed by atoms with Crippen molar-refractivity contribution in [3.63, 3.8) is 0 Å². The number of carbonyl (C=O) groups excluding carboxylic acids is 1. The number of hydrogen-bond acceptors (Lipinski definition) is 3. The van der Waals surface area contributed by atoms with Gasteiger partial charge in [-0.2, -0.15) is 0 Å². The normalized spacial score (nSPS) is 11.5. The van der Waals surface area contributed by atoms with E-state index in [2.05, 4.69) is 10.0 Å².